The molecular weight excluding hydrogens is 260 g/mol. The fourth-order valence-corrected chi connectivity index (χ4v) is 3.64. The molecule has 0 aromatic heterocycles. The molecule has 2 rings (SSSR count). The van der Waals surface area contributed by atoms with Crippen molar-refractivity contribution < 1.29 is 8.42 Å². The first kappa shape index (κ1) is 14.5. The van der Waals surface area contributed by atoms with Crippen LogP contribution in [-0.2, 0) is 16.4 Å². The number of nitrogens with one attached hydrogen (secondary N) is 1. The quantitative estimate of drug-likeness (QED) is 0.884. The predicted octanol–water partition coefficient (Wildman–Crippen LogP) is 1.28. The van der Waals surface area contributed by atoms with Crippen molar-refractivity contribution in [2.45, 2.75) is 24.8 Å². The number of nitrogens with zero attached hydrogens (tertiary/aromatic N) is 1. The summed E-state index contributed by atoms with van der Waals surface area (Å²) in [6.45, 7) is 6.95. The summed E-state index contributed by atoms with van der Waals surface area (Å²) in [6, 6.07) is 7.35. The maximum atomic E-state index is 11.9. The van der Waals surface area contributed by atoms with Gasteiger partial charge in [0.05, 0.1) is 10.6 Å². The van der Waals surface area contributed by atoms with Gasteiger partial charge >= 0.3 is 0 Å². The molecule has 1 heterocycles. The van der Waals surface area contributed by atoms with Crippen LogP contribution in [0.5, 0.6) is 0 Å². The van der Waals surface area contributed by atoms with Gasteiger partial charge in [0.1, 0.15) is 0 Å². The maximum absolute atomic E-state index is 11.9. The fraction of sp³-hybridized carbons (Fsp3) is 0.571. The summed E-state index contributed by atoms with van der Waals surface area (Å²) in [6.07, 6.45) is 0.658. The summed E-state index contributed by atoms with van der Waals surface area (Å²) in [7, 11) is -3.08. The van der Waals surface area contributed by atoms with Gasteiger partial charge in [-0.15, -0.1) is 0 Å². The van der Waals surface area contributed by atoms with E-state index in [1.807, 2.05) is 19.1 Å². The largest absolute Gasteiger partial charge is 0.314 e. The number of piperazine rings is 1. The first-order valence-corrected chi connectivity index (χ1v) is 8.52. The monoisotopic (exact) mass is 282 g/mol. The zero-order valence-electron chi connectivity index (χ0n) is 11.4. The minimum absolute atomic E-state index is 0.226. The molecule has 5 heteroatoms. The van der Waals surface area contributed by atoms with Crippen molar-refractivity contribution >= 4 is 9.84 Å². The molecule has 1 aromatic carbocycles. The zero-order valence-corrected chi connectivity index (χ0v) is 12.2. The Morgan fingerprint density at radius 2 is 1.79 bits per heavy atom. The van der Waals surface area contributed by atoms with Crippen molar-refractivity contribution in [1.29, 1.82) is 0 Å². The van der Waals surface area contributed by atoms with Crippen LogP contribution >= 0.6 is 0 Å². The third-order valence-electron chi connectivity index (χ3n) is 3.37. The smallest absolute Gasteiger partial charge is 0.178 e. The number of hydrogen-bond acceptors (Lipinski definition) is 4. The number of hydrogen-bond donors (Lipinski definition) is 1. The van der Waals surface area contributed by atoms with Crippen LogP contribution in [0.3, 0.4) is 0 Å². The molecule has 1 aliphatic heterocycles. The van der Waals surface area contributed by atoms with Crippen molar-refractivity contribution in [1.82, 2.24) is 10.2 Å². The predicted molar refractivity (Wildman–Crippen MR) is 76.9 cm³/mol. The molecule has 4 nitrogen and oxygen atoms in total. The van der Waals surface area contributed by atoms with Crippen LogP contribution in [0.4, 0.5) is 0 Å². The number of benzene rings is 1. The van der Waals surface area contributed by atoms with E-state index in [9.17, 15) is 8.42 Å². The molecule has 0 atom stereocenters. The molecule has 1 aromatic rings. The standard InChI is InChI=1S/C14H22N2O2S/c1-2-11-19(17,18)14-5-3-13(4-6-14)12-16-9-7-15-8-10-16/h3-6,15H,2,7-12H2,1H3. The van der Waals surface area contributed by atoms with Gasteiger partial charge in [0.15, 0.2) is 9.84 Å². The lowest BCUT2D eigenvalue weighted by Gasteiger charge is -2.27. The summed E-state index contributed by atoms with van der Waals surface area (Å²) < 4.78 is 23.8. The van der Waals surface area contributed by atoms with Gasteiger partial charge in [-0.2, -0.15) is 0 Å². The third-order valence-corrected chi connectivity index (χ3v) is 5.31. The highest BCUT2D eigenvalue weighted by atomic mass is 32.2. The van der Waals surface area contributed by atoms with E-state index in [2.05, 4.69) is 10.2 Å². The van der Waals surface area contributed by atoms with E-state index in [0.717, 1.165) is 32.7 Å². The van der Waals surface area contributed by atoms with Crippen molar-refractivity contribution in [2.24, 2.45) is 0 Å². The molecule has 0 aliphatic carbocycles. The van der Waals surface area contributed by atoms with Crippen LogP contribution in [0, 0.1) is 0 Å². The van der Waals surface area contributed by atoms with E-state index in [1.165, 1.54) is 5.56 Å². The summed E-state index contributed by atoms with van der Waals surface area (Å²) >= 11 is 0. The van der Waals surface area contributed by atoms with Crippen LogP contribution in [0.1, 0.15) is 18.9 Å². The van der Waals surface area contributed by atoms with Gasteiger partial charge in [0, 0.05) is 32.7 Å². The molecule has 0 saturated carbocycles. The minimum atomic E-state index is -3.08. The molecule has 1 fully saturated rings. The average molecular weight is 282 g/mol. The Labute approximate surface area is 115 Å². The van der Waals surface area contributed by atoms with Crippen LogP contribution in [-0.4, -0.2) is 45.2 Å². The highest BCUT2D eigenvalue weighted by Gasteiger charge is 2.14. The first-order chi connectivity index (χ1) is 9.12. The molecule has 0 unspecified atom stereocenters. The number of sulfone groups is 1. The Hall–Kier alpha value is -0.910. The van der Waals surface area contributed by atoms with E-state index < -0.39 is 9.84 Å². The second-order valence-corrected chi connectivity index (χ2v) is 7.10. The summed E-state index contributed by atoms with van der Waals surface area (Å²) in [4.78, 5) is 2.82. The third kappa shape index (κ3) is 4.03. The van der Waals surface area contributed by atoms with Crippen LogP contribution in [0.15, 0.2) is 29.2 Å². The number of rotatable bonds is 5. The van der Waals surface area contributed by atoms with Crippen molar-refractivity contribution in [3.8, 4) is 0 Å². The summed E-state index contributed by atoms with van der Waals surface area (Å²) in [5.41, 5.74) is 1.18. The molecule has 1 aliphatic rings. The Bertz CT molecular complexity index is 491. The van der Waals surface area contributed by atoms with Crippen molar-refractivity contribution in [3.05, 3.63) is 29.8 Å². The normalized spacial score (nSPS) is 17.5. The van der Waals surface area contributed by atoms with Crippen molar-refractivity contribution in [2.75, 3.05) is 31.9 Å². The van der Waals surface area contributed by atoms with E-state index in [0.29, 0.717) is 11.3 Å². The van der Waals surface area contributed by atoms with E-state index >= 15 is 0 Å². The van der Waals surface area contributed by atoms with E-state index in [-0.39, 0.29) is 5.75 Å². The molecule has 1 N–H and O–H groups in total. The Balaban J connectivity index is 2.01. The maximum Gasteiger partial charge on any atom is 0.178 e. The van der Waals surface area contributed by atoms with E-state index in [4.69, 9.17) is 0 Å². The van der Waals surface area contributed by atoms with Gasteiger partial charge in [0.25, 0.3) is 0 Å². The van der Waals surface area contributed by atoms with Gasteiger partial charge in [-0.25, -0.2) is 8.42 Å². The van der Waals surface area contributed by atoms with Gasteiger partial charge < -0.3 is 5.32 Å². The molecule has 19 heavy (non-hydrogen) atoms. The van der Waals surface area contributed by atoms with Gasteiger partial charge in [-0.3, -0.25) is 4.90 Å². The first-order valence-electron chi connectivity index (χ1n) is 6.86. The zero-order chi connectivity index (χ0) is 13.7. The lowest BCUT2D eigenvalue weighted by molar-refractivity contribution is 0.233. The molecule has 0 radical (unpaired) electrons. The van der Waals surface area contributed by atoms with Crippen LogP contribution in [0.25, 0.3) is 0 Å². The summed E-state index contributed by atoms with van der Waals surface area (Å²) in [5, 5.41) is 3.32. The Morgan fingerprint density at radius 3 is 2.37 bits per heavy atom. The van der Waals surface area contributed by atoms with Gasteiger partial charge in [-0.05, 0) is 24.1 Å². The lowest BCUT2D eigenvalue weighted by atomic mass is 10.2. The fourth-order valence-electron chi connectivity index (χ4n) is 2.32. The molecule has 0 spiro atoms. The SMILES string of the molecule is CCCS(=O)(=O)c1ccc(CN2CCNCC2)cc1. The molecule has 0 amide bonds. The minimum Gasteiger partial charge on any atom is -0.314 e. The topological polar surface area (TPSA) is 49.4 Å². The molecular formula is C14H22N2O2S. The van der Waals surface area contributed by atoms with E-state index in [1.54, 1.807) is 12.1 Å². The molecule has 106 valence electrons. The van der Waals surface area contributed by atoms with Crippen molar-refractivity contribution in [3.63, 3.8) is 0 Å². The second kappa shape index (κ2) is 6.50. The van der Waals surface area contributed by atoms with Crippen LogP contribution < -0.4 is 5.32 Å². The Morgan fingerprint density at radius 1 is 1.16 bits per heavy atom. The van der Waals surface area contributed by atoms with Gasteiger partial charge in [-0.1, -0.05) is 19.1 Å². The highest BCUT2D eigenvalue weighted by Crippen LogP contribution is 2.14. The lowest BCUT2D eigenvalue weighted by Crippen LogP contribution is -2.42. The Kier molecular flexibility index (Phi) is 4.96. The highest BCUT2D eigenvalue weighted by molar-refractivity contribution is 7.91. The molecule has 0 bridgehead atoms. The van der Waals surface area contributed by atoms with Gasteiger partial charge in [0.2, 0.25) is 0 Å². The average Bonchev–Trinajstić information content (AvgIpc) is 2.40. The molecule has 1 saturated heterocycles. The second-order valence-electron chi connectivity index (χ2n) is 4.99. The van der Waals surface area contributed by atoms with Crippen LogP contribution in [0.2, 0.25) is 0 Å². The summed E-state index contributed by atoms with van der Waals surface area (Å²) in [5.74, 6) is 0.226.